The number of piperidine rings is 2. The maximum atomic E-state index is 4.47. The molecule has 0 aromatic rings. The van der Waals surface area contributed by atoms with Crippen molar-refractivity contribution in [3.8, 4) is 0 Å². The molecule has 2 nitrogen and oxygen atoms in total. The van der Waals surface area contributed by atoms with Crippen molar-refractivity contribution < 1.29 is 18.6 Å². The zero-order valence-corrected chi connectivity index (χ0v) is 11.1. The first-order valence-corrected chi connectivity index (χ1v) is 5.68. The summed E-state index contributed by atoms with van der Waals surface area (Å²) in [6, 6.07) is 0. The van der Waals surface area contributed by atoms with E-state index in [1.165, 1.54) is 25.9 Å². The van der Waals surface area contributed by atoms with E-state index in [4.69, 9.17) is 0 Å². The van der Waals surface area contributed by atoms with Gasteiger partial charge in [-0.15, -0.1) is 13.1 Å². The van der Waals surface area contributed by atoms with Crippen LogP contribution in [0.5, 0.6) is 0 Å². The molecule has 2 heterocycles. The van der Waals surface area contributed by atoms with Crippen LogP contribution in [0.1, 0.15) is 26.7 Å². The molecule has 1 radical (unpaired) electrons. The van der Waals surface area contributed by atoms with Crippen LogP contribution in [0.2, 0.25) is 0 Å². The first-order valence-electron chi connectivity index (χ1n) is 5.68. The zero-order chi connectivity index (χ0) is 9.68. The maximum Gasteiger partial charge on any atom is 0.000802 e. The first-order chi connectivity index (χ1) is 6.36. The van der Waals surface area contributed by atoms with Crippen molar-refractivity contribution in [1.29, 1.82) is 0 Å². The van der Waals surface area contributed by atoms with E-state index in [-0.39, 0.29) is 18.6 Å². The summed E-state index contributed by atoms with van der Waals surface area (Å²) >= 11 is 0. The molecule has 0 N–H and O–H groups in total. The number of hydrogen-bond acceptors (Lipinski definition) is 1. The summed E-state index contributed by atoms with van der Waals surface area (Å²) in [6.07, 6.45) is 2.72. The summed E-state index contributed by atoms with van der Waals surface area (Å²) in [5.41, 5.74) is 0. The average molecular weight is 234 g/mol. The molecule has 83 valence electrons. The normalized spacial score (nSPS) is 31.9. The van der Waals surface area contributed by atoms with Gasteiger partial charge in [0.05, 0.1) is 0 Å². The van der Waals surface area contributed by atoms with Crippen LogP contribution in [0.4, 0.5) is 0 Å². The second kappa shape index (κ2) is 7.75. The molecule has 2 fully saturated rings. The molecule has 0 bridgehead atoms. The van der Waals surface area contributed by atoms with Gasteiger partial charge in [0.25, 0.3) is 0 Å². The van der Waals surface area contributed by atoms with Crippen molar-refractivity contribution in [3.63, 3.8) is 0 Å². The van der Waals surface area contributed by atoms with Crippen molar-refractivity contribution >= 4 is 0 Å². The SMILES string of the molecule is CC.CN1CCC2C[N-]CCC2C1.[V]. The van der Waals surface area contributed by atoms with Gasteiger partial charge in [0.1, 0.15) is 0 Å². The monoisotopic (exact) mass is 234 g/mol. The molecule has 2 unspecified atom stereocenters. The standard InChI is InChI=1S/C9H17N2.C2H6.V/c1-11-5-3-8-6-10-4-2-9(8)7-11;1-2;/h8-9H,2-7H2,1H3;1-2H3;/q-1;;. The van der Waals surface area contributed by atoms with E-state index in [9.17, 15) is 0 Å². The van der Waals surface area contributed by atoms with Crippen molar-refractivity contribution in [2.75, 3.05) is 33.2 Å². The fourth-order valence-electron chi connectivity index (χ4n) is 2.34. The molecule has 2 rings (SSSR count). The molecule has 0 aliphatic carbocycles. The third-order valence-electron chi connectivity index (χ3n) is 3.12. The number of fused-ring (bicyclic) bond motifs is 1. The largest absolute Gasteiger partial charge is 0.662 e. The minimum Gasteiger partial charge on any atom is -0.662 e. The molecular weight excluding hydrogens is 211 g/mol. The second-order valence-electron chi connectivity index (χ2n) is 3.99. The summed E-state index contributed by atoms with van der Waals surface area (Å²) in [5.74, 6) is 1.89. The third-order valence-corrected chi connectivity index (χ3v) is 3.12. The van der Waals surface area contributed by atoms with Gasteiger partial charge in [0.2, 0.25) is 0 Å². The second-order valence-corrected chi connectivity index (χ2v) is 3.99. The number of rotatable bonds is 0. The average Bonchev–Trinajstić information content (AvgIpc) is 2.21. The fourth-order valence-corrected chi connectivity index (χ4v) is 2.34. The van der Waals surface area contributed by atoms with Crippen molar-refractivity contribution in [2.45, 2.75) is 26.7 Å². The summed E-state index contributed by atoms with van der Waals surface area (Å²) in [5, 5.41) is 4.47. The first kappa shape index (κ1) is 14.5. The van der Waals surface area contributed by atoms with Gasteiger partial charge in [-0.05, 0) is 25.9 Å². The Kier molecular flexibility index (Phi) is 8.03. The summed E-state index contributed by atoms with van der Waals surface area (Å²) < 4.78 is 0. The predicted octanol–water partition coefficient (Wildman–Crippen LogP) is 2.36. The molecule has 14 heavy (non-hydrogen) atoms. The summed E-state index contributed by atoms with van der Waals surface area (Å²) in [4.78, 5) is 2.46. The van der Waals surface area contributed by atoms with Gasteiger partial charge in [-0.25, -0.2) is 0 Å². The van der Waals surface area contributed by atoms with Crippen LogP contribution in [0.25, 0.3) is 5.32 Å². The van der Waals surface area contributed by atoms with E-state index in [0.29, 0.717) is 0 Å². The molecular formula is C11H23N2V-. The number of nitrogens with zero attached hydrogens (tertiary/aromatic N) is 2. The van der Waals surface area contributed by atoms with Crippen molar-refractivity contribution in [3.05, 3.63) is 5.32 Å². The molecule has 0 aromatic heterocycles. The quantitative estimate of drug-likeness (QED) is 0.629. The van der Waals surface area contributed by atoms with Crippen LogP contribution >= 0.6 is 0 Å². The number of hydrogen-bond donors (Lipinski definition) is 0. The van der Waals surface area contributed by atoms with Crippen molar-refractivity contribution in [2.24, 2.45) is 11.8 Å². The van der Waals surface area contributed by atoms with E-state index in [0.717, 1.165) is 24.9 Å². The van der Waals surface area contributed by atoms with E-state index in [2.05, 4.69) is 17.3 Å². The predicted molar refractivity (Wildman–Crippen MR) is 58.2 cm³/mol. The smallest absolute Gasteiger partial charge is 0.000802 e. The minimum atomic E-state index is 0. The topological polar surface area (TPSA) is 17.3 Å². The summed E-state index contributed by atoms with van der Waals surface area (Å²) in [7, 11) is 2.24. The summed E-state index contributed by atoms with van der Waals surface area (Å²) in [6.45, 7) is 8.88. The van der Waals surface area contributed by atoms with Crippen LogP contribution in [-0.2, 0) is 18.6 Å². The Hall–Kier alpha value is 0.504. The fraction of sp³-hybridized carbons (Fsp3) is 1.00. The Bertz CT molecular complexity index is 141. The van der Waals surface area contributed by atoms with Crippen molar-refractivity contribution in [1.82, 2.24) is 4.90 Å². The van der Waals surface area contributed by atoms with Gasteiger partial charge in [0.15, 0.2) is 0 Å². The van der Waals surface area contributed by atoms with Gasteiger partial charge in [-0.1, -0.05) is 26.2 Å². The van der Waals surface area contributed by atoms with Gasteiger partial charge >= 0.3 is 0 Å². The Morgan fingerprint density at radius 2 is 1.86 bits per heavy atom. The molecule has 0 amide bonds. The third kappa shape index (κ3) is 3.94. The minimum absolute atomic E-state index is 0. The molecule has 2 aliphatic heterocycles. The Morgan fingerprint density at radius 3 is 2.57 bits per heavy atom. The molecule has 3 heteroatoms. The zero-order valence-electron chi connectivity index (χ0n) is 9.74. The van der Waals surface area contributed by atoms with Gasteiger partial charge in [-0.2, -0.15) is 0 Å². The van der Waals surface area contributed by atoms with Crippen LogP contribution in [-0.4, -0.2) is 38.1 Å². The van der Waals surface area contributed by atoms with Gasteiger partial charge in [0, 0.05) is 25.1 Å². The molecule has 0 spiro atoms. The molecule has 2 saturated heterocycles. The number of likely N-dealkylation sites (tertiary alicyclic amines) is 1. The Labute approximate surface area is 101 Å². The van der Waals surface area contributed by atoms with Crippen LogP contribution in [0.15, 0.2) is 0 Å². The Balaban J connectivity index is 0.000000531. The maximum absolute atomic E-state index is 4.47. The van der Waals surface area contributed by atoms with E-state index < -0.39 is 0 Å². The molecule has 2 aliphatic rings. The van der Waals surface area contributed by atoms with Crippen LogP contribution in [0.3, 0.4) is 0 Å². The molecule has 0 saturated carbocycles. The van der Waals surface area contributed by atoms with Crippen LogP contribution in [0, 0.1) is 11.8 Å². The van der Waals surface area contributed by atoms with E-state index in [1.54, 1.807) is 0 Å². The Morgan fingerprint density at radius 1 is 1.14 bits per heavy atom. The van der Waals surface area contributed by atoms with E-state index >= 15 is 0 Å². The molecule has 2 atom stereocenters. The van der Waals surface area contributed by atoms with Crippen LogP contribution < -0.4 is 0 Å². The molecule has 0 aromatic carbocycles. The van der Waals surface area contributed by atoms with E-state index in [1.807, 2.05) is 13.8 Å². The van der Waals surface area contributed by atoms with Gasteiger partial charge in [-0.3, -0.25) is 0 Å². The van der Waals surface area contributed by atoms with Gasteiger partial charge < -0.3 is 10.2 Å².